The first-order valence-electron chi connectivity index (χ1n) is 13.4. The van der Waals surface area contributed by atoms with E-state index in [1.165, 1.54) is 24.1 Å². The van der Waals surface area contributed by atoms with Crippen LogP contribution < -0.4 is 16.0 Å². The summed E-state index contributed by atoms with van der Waals surface area (Å²) in [7, 11) is 0. The second-order valence-corrected chi connectivity index (χ2v) is 11.4. The molecule has 5 rings (SSSR count). The standard InChI is InChI=1S/C34H25Cl2N3O4S/c35-24-13-18-29(28(36)20-24)38-34(42)31(22-8-3-1-4-9-22)44-27-16-14-25(15-17-27)37-33(41)30(21-26-12-7-19-43-26)39-32(40)23-10-5-2-6-11-23/h1-21,31H,(H,37,41)(H,38,42)(H,39,40)/b30-21-. The number of benzene rings is 4. The maximum atomic E-state index is 13.4. The Morgan fingerprint density at radius 3 is 2.14 bits per heavy atom. The van der Waals surface area contributed by atoms with Gasteiger partial charge in [0.1, 0.15) is 16.7 Å². The molecule has 5 aromatic rings. The molecule has 1 aromatic heterocycles. The van der Waals surface area contributed by atoms with Gasteiger partial charge in [-0.05, 0) is 72.3 Å². The van der Waals surface area contributed by atoms with Crippen LogP contribution in [0.1, 0.15) is 26.9 Å². The zero-order valence-electron chi connectivity index (χ0n) is 23.0. The molecule has 0 aliphatic rings. The summed E-state index contributed by atoms with van der Waals surface area (Å²) in [5.41, 5.74) is 2.17. The van der Waals surface area contributed by atoms with Crippen molar-refractivity contribution in [3.05, 3.63) is 154 Å². The van der Waals surface area contributed by atoms with Crippen LogP contribution in [-0.4, -0.2) is 17.7 Å². The van der Waals surface area contributed by atoms with Crippen molar-refractivity contribution in [2.24, 2.45) is 0 Å². The van der Waals surface area contributed by atoms with E-state index < -0.39 is 17.1 Å². The maximum Gasteiger partial charge on any atom is 0.272 e. The Kier molecular flexibility index (Phi) is 10.2. The Labute approximate surface area is 268 Å². The first-order chi connectivity index (χ1) is 21.4. The summed E-state index contributed by atoms with van der Waals surface area (Å²) in [6.45, 7) is 0. The number of amides is 3. The molecule has 10 heteroatoms. The van der Waals surface area contributed by atoms with Crippen molar-refractivity contribution >= 4 is 70.1 Å². The molecular weight excluding hydrogens is 617 g/mol. The molecule has 7 nitrogen and oxygen atoms in total. The summed E-state index contributed by atoms with van der Waals surface area (Å²) < 4.78 is 5.35. The second-order valence-electron chi connectivity index (χ2n) is 9.39. The molecule has 0 spiro atoms. The Balaban J connectivity index is 1.31. The van der Waals surface area contributed by atoms with Crippen LogP contribution in [0.5, 0.6) is 0 Å². The Bertz CT molecular complexity index is 1780. The van der Waals surface area contributed by atoms with E-state index in [0.29, 0.717) is 32.7 Å². The van der Waals surface area contributed by atoms with Gasteiger partial charge >= 0.3 is 0 Å². The fraction of sp³-hybridized carbons (Fsp3) is 0.0294. The molecule has 1 heterocycles. The van der Waals surface area contributed by atoms with Gasteiger partial charge in [0.15, 0.2) is 0 Å². The highest BCUT2D eigenvalue weighted by Gasteiger charge is 2.23. The first-order valence-corrected chi connectivity index (χ1v) is 15.0. The van der Waals surface area contributed by atoms with Gasteiger partial charge < -0.3 is 20.4 Å². The molecule has 4 aromatic carbocycles. The van der Waals surface area contributed by atoms with Crippen LogP contribution in [0.3, 0.4) is 0 Å². The number of hydrogen-bond donors (Lipinski definition) is 3. The molecular formula is C34H25Cl2N3O4S. The number of rotatable bonds is 10. The van der Waals surface area contributed by atoms with Gasteiger partial charge in [0.2, 0.25) is 5.91 Å². The number of hydrogen-bond acceptors (Lipinski definition) is 5. The molecule has 3 amide bonds. The lowest BCUT2D eigenvalue weighted by molar-refractivity contribution is -0.116. The second kappa shape index (κ2) is 14.6. The van der Waals surface area contributed by atoms with E-state index in [0.717, 1.165) is 10.5 Å². The molecule has 1 unspecified atom stereocenters. The van der Waals surface area contributed by atoms with E-state index >= 15 is 0 Å². The zero-order chi connectivity index (χ0) is 30.9. The van der Waals surface area contributed by atoms with Gasteiger partial charge in [-0.25, -0.2) is 0 Å². The van der Waals surface area contributed by atoms with Crippen LogP contribution in [0.4, 0.5) is 11.4 Å². The number of anilines is 2. The maximum absolute atomic E-state index is 13.4. The minimum absolute atomic E-state index is 0.00827. The predicted molar refractivity (Wildman–Crippen MR) is 176 cm³/mol. The molecule has 1 atom stereocenters. The highest BCUT2D eigenvalue weighted by Crippen LogP contribution is 2.37. The van der Waals surface area contributed by atoms with Gasteiger partial charge in [-0.3, -0.25) is 14.4 Å². The van der Waals surface area contributed by atoms with Gasteiger partial charge in [-0.15, -0.1) is 11.8 Å². The number of carbonyl (C=O) groups excluding carboxylic acids is 3. The van der Waals surface area contributed by atoms with E-state index in [2.05, 4.69) is 16.0 Å². The number of carbonyl (C=O) groups is 3. The van der Waals surface area contributed by atoms with Crippen LogP contribution >= 0.6 is 35.0 Å². The third kappa shape index (κ3) is 8.20. The third-order valence-electron chi connectivity index (χ3n) is 6.25. The Morgan fingerprint density at radius 1 is 0.773 bits per heavy atom. The molecule has 44 heavy (non-hydrogen) atoms. The fourth-order valence-electron chi connectivity index (χ4n) is 4.10. The zero-order valence-corrected chi connectivity index (χ0v) is 25.3. The third-order valence-corrected chi connectivity index (χ3v) is 8.07. The predicted octanol–water partition coefficient (Wildman–Crippen LogP) is 8.47. The monoisotopic (exact) mass is 641 g/mol. The molecule has 0 saturated carbocycles. The van der Waals surface area contributed by atoms with Crippen molar-refractivity contribution in [2.45, 2.75) is 10.1 Å². The normalized spacial score (nSPS) is 11.8. The summed E-state index contributed by atoms with van der Waals surface area (Å²) in [4.78, 5) is 40.3. The highest BCUT2D eigenvalue weighted by molar-refractivity contribution is 8.00. The number of furan rings is 1. The Hall–Kier alpha value is -4.76. The van der Waals surface area contributed by atoms with Crippen molar-refractivity contribution in [3.63, 3.8) is 0 Å². The molecule has 0 aliphatic carbocycles. The van der Waals surface area contributed by atoms with Gasteiger partial charge in [0, 0.05) is 27.2 Å². The van der Waals surface area contributed by atoms with E-state index in [-0.39, 0.29) is 11.6 Å². The number of halogens is 2. The highest BCUT2D eigenvalue weighted by atomic mass is 35.5. The smallest absolute Gasteiger partial charge is 0.272 e. The summed E-state index contributed by atoms with van der Waals surface area (Å²) >= 11 is 13.6. The van der Waals surface area contributed by atoms with Crippen LogP contribution in [0.25, 0.3) is 6.08 Å². The average molecular weight is 643 g/mol. The molecule has 0 bridgehead atoms. The van der Waals surface area contributed by atoms with E-state index in [1.54, 1.807) is 84.9 Å². The van der Waals surface area contributed by atoms with Crippen LogP contribution in [0, 0.1) is 0 Å². The van der Waals surface area contributed by atoms with Gasteiger partial charge in [-0.2, -0.15) is 0 Å². The first kappa shape index (κ1) is 30.7. The largest absolute Gasteiger partial charge is 0.465 e. The van der Waals surface area contributed by atoms with Crippen molar-refractivity contribution < 1.29 is 18.8 Å². The van der Waals surface area contributed by atoms with Crippen LogP contribution in [-0.2, 0) is 9.59 Å². The minimum atomic E-state index is -0.598. The SMILES string of the molecule is O=C(Nc1ccc(SC(C(=O)Nc2ccc(Cl)cc2Cl)c2ccccc2)cc1)/C(=C/c1ccco1)NC(=O)c1ccccc1. The van der Waals surface area contributed by atoms with Gasteiger partial charge in [-0.1, -0.05) is 71.7 Å². The van der Waals surface area contributed by atoms with Crippen LogP contribution in [0.2, 0.25) is 10.0 Å². The van der Waals surface area contributed by atoms with E-state index in [4.69, 9.17) is 27.6 Å². The Morgan fingerprint density at radius 2 is 1.48 bits per heavy atom. The molecule has 0 fully saturated rings. The van der Waals surface area contributed by atoms with Gasteiger partial charge in [0.05, 0.1) is 17.0 Å². The van der Waals surface area contributed by atoms with Gasteiger partial charge in [0.25, 0.3) is 11.8 Å². The summed E-state index contributed by atoms with van der Waals surface area (Å²) in [6.07, 6.45) is 2.93. The summed E-state index contributed by atoms with van der Waals surface area (Å²) in [6, 6.07) is 33.3. The quantitative estimate of drug-likeness (QED) is 0.105. The molecule has 220 valence electrons. The molecule has 0 radical (unpaired) electrons. The average Bonchev–Trinajstić information content (AvgIpc) is 3.55. The summed E-state index contributed by atoms with van der Waals surface area (Å²) in [5.74, 6) is -0.826. The fourth-order valence-corrected chi connectivity index (χ4v) is 5.58. The number of nitrogens with one attached hydrogen (secondary N) is 3. The van der Waals surface area contributed by atoms with Crippen LogP contribution in [0.15, 0.2) is 137 Å². The van der Waals surface area contributed by atoms with Crippen molar-refractivity contribution in [1.82, 2.24) is 5.32 Å². The van der Waals surface area contributed by atoms with Crippen molar-refractivity contribution in [2.75, 3.05) is 10.6 Å². The summed E-state index contributed by atoms with van der Waals surface area (Å²) in [5, 5.41) is 8.59. The molecule has 0 saturated heterocycles. The molecule has 0 aliphatic heterocycles. The van der Waals surface area contributed by atoms with Crippen molar-refractivity contribution in [3.8, 4) is 0 Å². The minimum Gasteiger partial charge on any atom is -0.465 e. The lowest BCUT2D eigenvalue weighted by Gasteiger charge is -2.18. The lowest BCUT2D eigenvalue weighted by atomic mass is 10.1. The molecule has 3 N–H and O–H groups in total. The topological polar surface area (TPSA) is 100 Å². The van der Waals surface area contributed by atoms with E-state index in [1.807, 2.05) is 30.3 Å². The number of thioether (sulfide) groups is 1. The van der Waals surface area contributed by atoms with Crippen molar-refractivity contribution in [1.29, 1.82) is 0 Å². The lowest BCUT2D eigenvalue weighted by Crippen LogP contribution is -2.30. The van der Waals surface area contributed by atoms with E-state index in [9.17, 15) is 14.4 Å².